The molecule has 0 aromatic heterocycles. The van der Waals surface area contributed by atoms with Crippen molar-refractivity contribution in [3.63, 3.8) is 0 Å². The zero-order valence-corrected chi connectivity index (χ0v) is 10.5. The molecule has 3 N–H and O–H groups in total. The number of quaternary nitrogens is 1. The Morgan fingerprint density at radius 2 is 2.11 bits per heavy atom. The predicted octanol–water partition coefficient (Wildman–Crippen LogP) is 1.07. The maximum absolute atomic E-state index is 9.49. The summed E-state index contributed by atoms with van der Waals surface area (Å²) in [4.78, 5) is 0. The van der Waals surface area contributed by atoms with Gasteiger partial charge in [-0.05, 0) is 16.8 Å². The van der Waals surface area contributed by atoms with Gasteiger partial charge in [-0.3, -0.25) is 0 Å². The molecule has 0 radical (unpaired) electrons. The summed E-state index contributed by atoms with van der Waals surface area (Å²) in [6.07, 6.45) is 0. The van der Waals surface area contributed by atoms with E-state index < -0.39 is 0 Å². The fourth-order valence-electron chi connectivity index (χ4n) is 2.89. The third-order valence-electron chi connectivity index (χ3n) is 3.82. The lowest BCUT2D eigenvalue weighted by Gasteiger charge is -2.30. The summed E-state index contributed by atoms with van der Waals surface area (Å²) >= 11 is 0. The zero-order valence-electron chi connectivity index (χ0n) is 10.5. The monoisotopic (exact) mass is 244 g/mol. The largest absolute Gasteiger partial charge is 0.492 e. The molecule has 1 heterocycles. The molecule has 0 saturated carbocycles. The SMILES string of the molecule is C[NH2+][C@H]1c2c(ccc3ccccc23)OC[C@H]1CO. The first-order valence-corrected chi connectivity index (χ1v) is 6.40. The van der Waals surface area contributed by atoms with E-state index in [4.69, 9.17) is 4.74 Å². The van der Waals surface area contributed by atoms with Gasteiger partial charge in [-0.15, -0.1) is 0 Å². The van der Waals surface area contributed by atoms with Gasteiger partial charge in [0.1, 0.15) is 11.8 Å². The average molecular weight is 244 g/mol. The molecule has 0 unspecified atom stereocenters. The van der Waals surface area contributed by atoms with Crippen molar-refractivity contribution in [2.75, 3.05) is 20.3 Å². The lowest BCUT2D eigenvalue weighted by Crippen LogP contribution is -2.83. The van der Waals surface area contributed by atoms with Crippen LogP contribution in [0.2, 0.25) is 0 Å². The number of hydrogen-bond acceptors (Lipinski definition) is 2. The summed E-state index contributed by atoms with van der Waals surface area (Å²) < 4.78 is 5.79. The molecule has 1 aliphatic rings. The number of hydrogen-bond donors (Lipinski definition) is 2. The Kier molecular flexibility index (Phi) is 2.94. The van der Waals surface area contributed by atoms with E-state index in [0.717, 1.165) is 5.75 Å². The molecule has 2 aromatic carbocycles. The molecule has 0 saturated heterocycles. The van der Waals surface area contributed by atoms with E-state index in [0.29, 0.717) is 6.61 Å². The summed E-state index contributed by atoms with van der Waals surface area (Å²) in [6.45, 7) is 0.758. The second-order valence-corrected chi connectivity index (χ2v) is 4.81. The van der Waals surface area contributed by atoms with Crippen molar-refractivity contribution < 1.29 is 15.2 Å². The van der Waals surface area contributed by atoms with E-state index in [9.17, 15) is 5.11 Å². The van der Waals surface area contributed by atoms with Crippen LogP contribution in [0.3, 0.4) is 0 Å². The molecule has 3 heteroatoms. The van der Waals surface area contributed by atoms with Gasteiger partial charge in [0.05, 0.1) is 31.7 Å². The Morgan fingerprint density at radius 3 is 2.89 bits per heavy atom. The van der Waals surface area contributed by atoms with Gasteiger partial charge in [0.15, 0.2) is 0 Å². The Morgan fingerprint density at radius 1 is 1.28 bits per heavy atom. The number of aliphatic hydroxyl groups is 1. The standard InChI is InChI=1S/C15H17NO2/c1-16-15-11(8-17)9-18-13-7-6-10-4-2-3-5-12(10)14(13)15/h2-7,11,15-17H,8-9H2,1H3/p+1/t11-,15-/m1/s1. The fraction of sp³-hybridized carbons (Fsp3) is 0.333. The highest BCUT2D eigenvalue weighted by atomic mass is 16.5. The van der Waals surface area contributed by atoms with Gasteiger partial charge >= 0.3 is 0 Å². The first-order chi connectivity index (χ1) is 8.85. The van der Waals surface area contributed by atoms with E-state index in [1.807, 2.05) is 12.1 Å². The molecule has 2 aromatic rings. The van der Waals surface area contributed by atoms with E-state index in [-0.39, 0.29) is 18.6 Å². The molecule has 94 valence electrons. The van der Waals surface area contributed by atoms with Crippen LogP contribution in [0.4, 0.5) is 0 Å². The van der Waals surface area contributed by atoms with Crippen molar-refractivity contribution in [1.29, 1.82) is 0 Å². The molecule has 3 rings (SSSR count). The molecule has 2 atom stereocenters. The molecule has 0 spiro atoms. The van der Waals surface area contributed by atoms with Gasteiger partial charge in [0, 0.05) is 0 Å². The maximum atomic E-state index is 9.49. The van der Waals surface area contributed by atoms with E-state index in [2.05, 4.69) is 36.6 Å². The van der Waals surface area contributed by atoms with E-state index in [1.54, 1.807) is 0 Å². The van der Waals surface area contributed by atoms with Gasteiger partial charge < -0.3 is 15.2 Å². The normalized spacial score (nSPS) is 22.6. The first-order valence-electron chi connectivity index (χ1n) is 6.40. The van der Waals surface area contributed by atoms with Crippen LogP contribution in [0.5, 0.6) is 5.75 Å². The van der Waals surface area contributed by atoms with Crippen LogP contribution in [0.15, 0.2) is 36.4 Å². The third kappa shape index (κ3) is 1.67. The van der Waals surface area contributed by atoms with Gasteiger partial charge in [-0.1, -0.05) is 30.3 Å². The lowest BCUT2D eigenvalue weighted by atomic mass is 9.88. The van der Waals surface area contributed by atoms with Crippen molar-refractivity contribution in [3.05, 3.63) is 42.0 Å². The van der Waals surface area contributed by atoms with E-state index in [1.165, 1.54) is 16.3 Å². The Balaban J connectivity index is 2.23. The number of aliphatic hydroxyl groups excluding tert-OH is 1. The van der Waals surface area contributed by atoms with Crippen LogP contribution in [-0.4, -0.2) is 25.4 Å². The van der Waals surface area contributed by atoms with Crippen molar-refractivity contribution in [2.24, 2.45) is 5.92 Å². The summed E-state index contributed by atoms with van der Waals surface area (Å²) in [6, 6.07) is 12.8. The molecule has 18 heavy (non-hydrogen) atoms. The summed E-state index contributed by atoms with van der Waals surface area (Å²) in [5.74, 6) is 1.12. The Hall–Kier alpha value is -1.58. The number of benzene rings is 2. The van der Waals surface area contributed by atoms with Gasteiger partial charge in [0.25, 0.3) is 0 Å². The number of ether oxygens (including phenoxy) is 1. The Bertz CT molecular complexity index is 567. The van der Waals surface area contributed by atoms with Crippen LogP contribution in [0, 0.1) is 5.92 Å². The molecule has 0 bridgehead atoms. The van der Waals surface area contributed by atoms with Gasteiger partial charge in [-0.2, -0.15) is 0 Å². The summed E-state index contributed by atoms with van der Waals surface area (Å²) in [7, 11) is 2.06. The minimum Gasteiger partial charge on any atom is -0.492 e. The van der Waals surface area contributed by atoms with Crippen LogP contribution in [0.1, 0.15) is 11.6 Å². The minimum atomic E-state index is 0.160. The number of nitrogens with two attached hydrogens (primary N) is 1. The molecule has 0 fully saturated rings. The highest BCUT2D eigenvalue weighted by Crippen LogP contribution is 2.38. The van der Waals surface area contributed by atoms with Crippen molar-refractivity contribution in [2.45, 2.75) is 6.04 Å². The molecular formula is C15H18NO2+. The smallest absolute Gasteiger partial charge is 0.129 e. The van der Waals surface area contributed by atoms with E-state index >= 15 is 0 Å². The molecule has 0 aliphatic carbocycles. The maximum Gasteiger partial charge on any atom is 0.129 e. The topological polar surface area (TPSA) is 46.1 Å². The van der Waals surface area contributed by atoms with Crippen LogP contribution in [-0.2, 0) is 0 Å². The first kappa shape index (κ1) is 11.5. The zero-order chi connectivity index (χ0) is 12.5. The Labute approximate surface area is 106 Å². The summed E-state index contributed by atoms with van der Waals surface area (Å²) in [5.41, 5.74) is 1.22. The van der Waals surface area contributed by atoms with Crippen LogP contribution in [0.25, 0.3) is 10.8 Å². The van der Waals surface area contributed by atoms with Crippen molar-refractivity contribution in [1.82, 2.24) is 0 Å². The molecule has 3 nitrogen and oxygen atoms in total. The molecule has 0 amide bonds. The van der Waals surface area contributed by atoms with Crippen LogP contribution < -0.4 is 10.1 Å². The predicted molar refractivity (Wildman–Crippen MR) is 70.6 cm³/mol. The third-order valence-corrected chi connectivity index (χ3v) is 3.82. The van der Waals surface area contributed by atoms with Gasteiger partial charge in [0.2, 0.25) is 0 Å². The highest BCUT2D eigenvalue weighted by molar-refractivity contribution is 5.88. The van der Waals surface area contributed by atoms with Crippen LogP contribution >= 0.6 is 0 Å². The average Bonchev–Trinajstić information content (AvgIpc) is 2.45. The fourth-order valence-corrected chi connectivity index (χ4v) is 2.89. The van der Waals surface area contributed by atoms with Crippen molar-refractivity contribution >= 4 is 10.8 Å². The second kappa shape index (κ2) is 4.59. The minimum absolute atomic E-state index is 0.160. The number of fused-ring (bicyclic) bond motifs is 3. The second-order valence-electron chi connectivity index (χ2n) is 4.81. The molecule has 1 aliphatic heterocycles. The molecular weight excluding hydrogens is 226 g/mol. The highest BCUT2D eigenvalue weighted by Gasteiger charge is 2.33. The summed E-state index contributed by atoms with van der Waals surface area (Å²) in [5, 5.41) is 14.1. The van der Waals surface area contributed by atoms with Gasteiger partial charge in [-0.25, -0.2) is 0 Å². The quantitative estimate of drug-likeness (QED) is 0.830. The number of rotatable bonds is 2. The van der Waals surface area contributed by atoms with Crippen molar-refractivity contribution in [3.8, 4) is 5.75 Å². The lowest BCUT2D eigenvalue weighted by molar-refractivity contribution is -0.679.